The maximum absolute atomic E-state index is 12.9. The molecule has 1 aromatic rings. The zero-order valence-electron chi connectivity index (χ0n) is 12.7. The summed E-state index contributed by atoms with van der Waals surface area (Å²) < 4.78 is 38.7. The first-order valence-corrected chi connectivity index (χ1v) is 7.19. The van der Waals surface area contributed by atoms with E-state index in [1.165, 1.54) is 4.90 Å². The molecule has 0 spiro atoms. The van der Waals surface area contributed by atoms with Crippen LogP contribution >= 0.6 is 0 Å². The molecule has 7 nitrogen and oxygen atoms in total. The van der Waals surface area contributed by atoms with Crippen molar-refractivity contribution in [1.82, 2.24) is 4.90 Å². The minimum Gasteiger partial charge on any atom is -0.393 e. The van der Waals surface area contributed by atoms with Gasteiger partial charge in [-0.2, -0.15) is 13.2 Å². The maximum atomic E-state index is 12.9. The monoisotopic (exact) mass is 347 g/mol. The summed E-state index contributed by atoms with van der Waals surface area (Å²) in [6, 6.07) is 1.69. The molecule has 1 aliphatic rings. The third kappa shape index (κ3) is 3.94. The zero-order valence-corrected chi connectivity index (χ0v) is 12.7. The number of nitrogens with zero attached hydrogens (tertiary/aromatic N) is 2. The highest BCUT2D eigenvalue weighted by Gasteiger charge is 2.38. The molecule has 2 rings (SSSR count). The van der Waals surface area contributed by atoms with E-state index in [0.717, 1.165) is 6.07 Å². The second kappa shape index (κ2) is 6.63. The van der Waals surface area contributed by atoms with Crippen molar-refractivity contribution in [2.24, 2.45) is 5.92 Å². The first kappa shape index (κ1) is 18.0. The van der Waals surface area contributed by atoms with Crippen LogP contribution in [-0.4, -0.2) is 40.2 Å². The Bertz CT molecular complexity index is 649. The van der Waals surface area contributed by atoms with Crippen molar-refractivity contribution < 1.29 is 28.0 Å². The Balaban J connectivity index is 2.16. The van der Waals surface area contributed by atoms with Crippen LogP contribution in [0.4, 0.5) is 29.3 Å². The number of aliphatic hydroxyl groups is 1. The molecule has 24 heavy (non-hydrogen) atoms. The van der Waals surface area contributed by atoms with Gasteiger partial charge in [0.2, 0.25) is 0 Å². The molecule has 1 heterocycles. The molecule has 0 bridgehead atoms. The number of benzene rings is 1. The van der Waals surface area contributed by atoms with Crippen molar-refractivity contribution in [2.45, 2.75) is 25.6 Å². The van der Waals surface area contributed by atoms with Gasteiger partial charge in [-0.15, -0.1) is 0 Å². The number of hydrogen-bond donors (Lipinski definition) is 2. The summed E-state index contributed by atoms with van der Waals surface area (Å²) in [5.74, 6) is -0.0849. The highest BCUT2D eigenvalue weighted by atomic mass is 19.4. The number of nitro benzene ring substituents is 1. The van der Waals surface area contributed by atoms with Gasteiger partial charge in [0.1, 0.15) is 5.56 Å². The molecule has 0 saturated carbocycles. The van der Waals surface area contributed by atoms with Crippen molar-refractivity contribution in [1.29, 1.82) is 0 Å². The number of urea groups is 1. The number of rotatable bonds is 3. The summed E-state index contributed by atoms with van der Waals surface area (Å²) in [7, 11) is 0. The van der Waals surface area contributed by atoms with Gasteiger partial charge >= 0.3 is 12.2 Å². The quantitative estimate of drug-likeness (QED) is 0.649. The van der Waals surface area contributed by atoms with Crippen molar-refractivity contribution >= 4 is 17.4 Å². The van der Waals surface area contributed by atoms with Gasteiger partial charge in [-0.1, -0.05) is 0 Å². The van der Waals surface area contributed by atoms with Gasteiger partial charge in [0.15, 0.2) is 0 Å². The molecule has 132 valence electrons. The Morgan fingerprint density at radius 1 is 1.50 bits per heavy atom. The fourth-order valence-corrected chi connectivity index (χ4v) is 2.57. The van der Waals surface area contributed by atoms with E-state index in [-0.39, 0.29) is 11.6 Å². The fraction of sp³-hybridized carbons (Fsp3) is 0.500. The van der Waals surface area contributed by atoms with Crippen molar-refractivity contribution in [3.63, 3.8) is 0 Å². The van der Waals surface area contributed by atoms with Crippen LogP contribution in [0.5, 0.6) is 0 Å². The molecular weight excluding hydrogens is 331 g/mol. The number of amides is 2. The number of carbonyl (C=O) groups excluding carboxylic acids is 1. The molecule has 10 heteroatoms. The van der Waals surface area contributed by atoms with E-state index in [2.05, 4.69) is 5.32 Å². The zero-order chi connectivity index (χ0) is 18.1. The molecular formula is C14H16F3N3O4. The van der Waals surface area contributed by atoms with Gasteiger partial charge in [-0.3, -0.25) is 10.1 Å². The van der Waals surface area contributed by atoms with Crippen LogP contribution in [0.25, 0.3) is 0 Å². The van der Waals surface area contributed by atoms with Gasteiger partial charge in [0.05, 0.1) is 11.0 Å². The molecule has 2 atom stereocenters. The maximum Gasteiger partial charge on any atom is 0.423 e. The van der Waals surface area contributed by atoms with Gasteiger partial charge in [0.25, 0.3) is 5.69 Å². The summed E-state index contributed by atoms with van der Waals surface area (Å²) in [6.07, 6.45) is -4.90. The molecule has 1 fully saturated rings. The van der Waals surface area contributed by atoms with E-state index in [4.69, 9.17) is 0 Å². The first-order valence-electron chi connectivity index (χ1n) is 7.19. The van der Waals surface area contributed by atoms with Gasteiger partial charge in [0, 0.05) is 30.8 Å². The van der Waals surface area contributed by atoms with Crippen LogP contribution in [0.3, 0.4) is 0 Å². The summed E-state index contributed by atoms with van der Waals surface area (Å²) in [6.45, 7) is 2.28. The molecule has 2 unspecified atom stereocenters. The summed E-state index contributed by atoms with van der Waals surface area (Å²) in [5, 5.41) is 22.5. The molecule has 1 saturated heterocycles. The van der Waals surface area contributed by atoms with E-state index >= 15 is 0 Å². The third-order valence-corrected chi connectivity index (χ3v) is 3.94. The Hall–Kier alpha value is -2.36. The summed E-state index contributed by atoms with van der Waals surface area (Å²) in [4.78, 5) is 23.0. The molecule has 0 radical (unpaired) electrons. The molecule has 1 aromatic carbocycles. The predicted molar refractivity (Wildman–Crippen MR) is 78.5 cm³/mol. The van der Waals surface area contributed by atoms with Crippen LogP contribution in [0.1, 0.15) is 18.9 Å². The Labute approximate surface area is 135 Å². The molecule has 0 aromatic heterocycles. The van der Waals surface area contributed by atoms with Crippen LogP contribution in [0.2, 0.25) is 0 Å². The second-order valence-corrected chi connectivity index (χ2v) is 5.65. The normalized spacial score (nSPS) is 19.2. The number of nitro groups is 1. The summed E-state index contributed by atoms with van der Waals surface area (Å²) >= 11 is 0. The minimum atomic E-state index is -4.91. The number of aliphatic hydroxyl groups excluding tert-OH is 1. The van der Waals surface area contributed by atoms with E-state index in [1.807, 2.05) is 0 Å². The Kier molecular flexibility index (Phi) is 4.97. The van der Waals surface area contributed by atoms with E-state index in [9.17, 15) is 33.2 Å². The molecule has 0 aliphatic carbocycles. The SMILES string of the molecule is CC(O)C1CCN(C(=O)Nc2ccc([N+](=O)[O-])c(C(F)(F)F)c2)C1. The number of anilines is 1. The first-order chi connectivity index (χ1) is 11.1. The van der Waals surface area contributed by atoms with Gasteiger partial charge in [-0.05, 0) is 25.5 Å². The average Bonchev–Trinajstić information content (AvgIpc) is 2.96. The topological polar surface area (TPSA) is 95.7 Å². The Morgan fingerprint density at radius 3 is 2.67 bits per heavy atom. The van der Waals surface area contributed by atoms with E-state index in [0.29, 0.717) is 31.6 Å². The predicted octanol–water partition coefficient (Wildman–Crippen LogP) is 2.85. The largest absolute Gasteiger partial charge is 0.423 e. The van der Waals surface area contributed by atoms with Crippen molar-refractivity contribution in [3.05, 3.63) is 33.9 Å². The van der Waals surface area contributed by atoms with Crippen LogP contribution < -0.4 is 5.32 Å². The Morgan fingerprint density at radius 2 is 2.17 bits per heavy atom. The fourth-order valence-electron chi connectivity index (χ4n) is 2.57. The molecule has 1 aliphatic heterocycles. The lowest BCUT2D eigenvalue weighted by atomic mass is 10.0. The smallest absolute Gasteiger partial charge is 0.393 e. The number of halogens is 3. The lowest BCUT2D eigenvalue weighted by Crippen LogP contribution is -2.34. The third-order valence-electron chi connectivity index (χ3n) is 3.94. The number of likely N-dealkylation sites (tertiary alicyclic amines) is 1. The molecule has 2 N–H and O–H groups in total. The number of hydrogen-bond acceptors (Lipinski definition) is 4. The average molecular weight is 347 g/mol. The van der Waals surface area contributed by atoms with Gasteiger partial charge in [-0.25, -0.2) is 4.79 Å². The standard InChI is InChI=1S/C14H16F3N3O4/c1-8(21)9-4-5-19(7-9)13(22)18-10-2-3-12(20(23)24)11(6-10)14(15,16)17/h2-3,6,8-9,21H,4-5,7H2,1H3,(H,18,22). The van der Waals surface area contributed by atoms with Crippen LogP contribution in [0.15, 0.2) is 18.2 Å². The summed E-state index contributed by atoms with van der Waals surface area (Å²) in [5.41, 5.74) is -2.68. The number of nitrogens with one attached hydrogen (secondary N) is 1. The van der Waals surface area contributed by atoms with Crippen molar-refractivity contribution in [2.75, 3.05) is 18.4 Å². The van der Waals surface area contributed by atoms with Crippen LogP contribution in [-0.2, 0) is 6.18 Å². The highest BCUT2D eigenvalue weighted by molar-refractivity contribution is 5.89. The number of carbonyl (C=O) groups is 1. The van der Waals surface area contributed by atoms with Crippen molar-refractivity contribution in [3.8, 4) is 0 Å². The van der Waals surface area contributed by atoms with E-state index in [1.54, 1.807) is 6.92 Å². The minimum absolute atomic E-state index is 0.0849. The number of alkyl halides is 3. The second-order valence-electron chi connectivity index (χ2n) is 5.65. The van der Waals surface area contributed by atoms with Crippen LogP contribution in [0, 0.1) is 16.0 Å². The lowest BCUT2D eigenvalue weighted by molar-refractivity contribution is -0.388. The highest BCUT2D eigenvalue weighted by Crippen LogP contribution is 2.37. The van der Waals surface area contributed by atoms with Gasteiger partial charge < -0.3 is 15.3 Å². The lowest BCUT2D eigenvalue weighted by Gasteiger charge is -2.19. The molecule has 2 amide bonds. The van der Waals surface area contributed by atoms with E-state index < -0.39 is 34.5 Å².